The smallest absolute Gasteiger partial charge is 0.276 e. The summed E-state index contributed by atoms with van der Waals surface area (Å²) in [6, 6.07) is 15.3. The predicted octanol–water partition coefficient (Wildman–Crippen LogP) is 4.07. The standard InChI is InChI=1S/C17H15N3OS/c1-11-7-6-10-14(18-11)20-17(21)15-16(22-12(2)19-15)13-8-4-3-5-9-13/h3-10H,1-2H3,(H,18,20,21). The number of benzene rings is 1. The lowest BCUT2D eigenvalue weighted by Crippen LogP contribution is -2.14. The van der Waals surface area contributed by atoms with Crippen molar-refractivity contribution in [2.24, 2.45) is 0 Å². The van der Waals surface area contributed by atoms with Gasteiger partial charge < -0.3 is 5.32 Å². The molecule has 2 heterocycles. The highest BCUT2D eigenvalue weighted by Gasteiger charge is 2.18. The predicted molar refractivity (Wildman–Crippen MR) is 89.2 cm³/mol. The highest BCUT2D eigenvalue weighted by atomic mass is 32.1. The molecule has 0 bridgehead atoms. The Morgan fingerprint density at radius 2 is 1.77 bits per heavy atom. The molecule has 22 heavy (non-hydrogen) atoms. The Balaban J connectivity index is 1.93. The first kappa shape index (κ1) is 14.4. The van der Waals surface area contributed by atoms with E-state index in [1.807, 2.05) is 56.3 Å². The third-order valence-corrected chi connectivity index (χ3v) is 4.13. The van der Waals surface area contributed by atoms with Crippen LogP contribution in [0.25, 0.3) is 10.4 Å². The van der Waals surface area contributed by atoms with Crippen molar-refractivity contribution in [2.45, 2.75) is 13.8 Å². The monoisotopic (exact) mass is 309 g/mol. The molecule has 0 aliphatic rings. The molecule has 0 aliphatic carbocycles. The molecule has 5 heteroatoms. The number of aromatic nitrogens is 2. The Bertz CT molecular complexity index is 812. The normalized spacial score (nSPS) is 10.5. The third kappa shape index (κ3) is 3.04. The lowest BCUT2D eigenvalue weighted by Gasteiger charge is -2.05. The van der Waals surface area contributed by atoms with Crippen molar-refractivity contribution in [3.05, 3.63) is 64.9 Å². The first-order valence-corrected chi connectivity index (χ1v) is 7.73. The summed E-state index contributed by atoms with van der Waals surface area (Å²) in [5.41, 5.74) is 2.29. The van der Waals surface area contributed by atoms with Crippen LogP contribution in [0.4, 0.5) is 5.82 Å². The van der Waals surface area contributed by atoms with Crippen LogP contribution in [0, 0.1) is 13.8 Å². The molecule has 3 aromatic rings. The zero-order valence-corrected chi connectivity index (χ0v) is 13.1. The van der Waals surface area contributed by atoms with E-state index >= 15 is 0 Å². The van der Waals surface area contributed by atoms with Gasteiger partial charge in [0.2, 0.25) is 0 Å². The van der Waals surface area contributed by atoms with Gasteiger partial charge in [0.25, 0.3) is 5.91 Å². The Kier molecular flexibility index (Phi) is 3.98. The van der Waals surface area contributed by atoms with Crippen LogP contribution >= 0.6 is 11.3 Å². The fraction of sp³-hybridized carbons (Fsp3) is 0.118. The molecule has 0 fully saturated rings. The summed E-state index contributed by atoms with van der Waals surface area (Å²) in [5, 5.41) is 3.68. The van der Waals surface area contributed by atoms with Gasteiger partial charge in [-0.1, -0.05) is 36.4 Å². The minimum Gasteiger partial charge on any atom is -0.305 e. The molecule has 1 amide bonds. The Morgan fingerprint density at radius 1 is 1.00 bits per heavy atom. The van der Waals surface area contributed by atoms with E-state index in [4.69, 9.17) is 0 Å². The fourth-order valence-electron chi connectivity index (χ4n) is 2.15. The second-order valence-corrected chi connectivity index (χ2v) is 6.10. The largest absolute Gasteiger partial charge is 0.305 e. The maximum absolute atomic E-state index is 12.5. The number of pyridine rings is 1. The Morgan fingerprint density at radius 3 is 2.50 bits per heavy atom. The summed E-state index contributed by atoms with van der Waals surface area (Å²) in [6.07, 6.45) is 0. The van der Waals surface area contributed by atoms with Crippen molar-refractivity contribution >= 4 is 23.1 Å². The van der Waals surface area contributed by atoms with Crippen molar-refractivity contribution in [2.75, 3.05) is 5.32 Å². The minimum absolute atomic E-state index is 0.235. The minimum atomic E-state index is -0.235. The highest BCUT2D eigenvalue weighted by Crippen LogP contribution is 2.30. The molecule has 0 radical (unpaired) electrons. The van der Waals surface area contributed by atoms with Gasteiger partial charge in [-0.05, 0) is 31.5 Å². The van der Waals surface area contributed by atoms with E-state index in [-0.39, 0.29) is 5.91 Å². The molecule has 110 valence electrons. The van der Waals surface area contributed by atoms with Gasteiger partial charge in [0.15, 0.2) is 0 Å². The molecule has 4 nitrogen and oxygen atoms in total. The Labute approximate surface area is 132 Å². The molecule has 0 unspecified atom stereocenters. The number of nitrogens with one attached hydrogen (secondary N) is 1. The quantitative estimate of drug-likeness (QED) is 0.793. The number of amides is 1. The van der Waals surface area contributed by atoms with Crippen molar-refractivity contribution < 1.29 is 4.79 Å². The summed E-state index contributed by atoms with van der Waals surface area (Å²) in [5.74, 6) is 0.302. The molecule has 0 saturated carbocycles. The third-order valence-electron chi connectivity index (χ3n) is 3.12. The number of carbonyl (C=O) groups excluding carboxylic acids is 1. The molecule has 0 atom stereocenters. The average Bonchev–Trinajstić information content (AvgIpc) is 2.90. The fourth-order valence-corrected chi connectivity index (χ4v) is 3.08. The van der Waals surface area contributed by atoms with E-state index in [0.29, 0.717) is 11.5 Å². The topological polar surface area (TPSA) is 54.9 Å². The number of nitrogens with zero attached hydrogens (tertiary/aromatic N) is 2. The number of thiazole rings is 1. The van der Waals surface area contributed by atoms with Crippen LogP contribution in [0.2, 0.25) is 0 Å². The Hall–Kier alpha value is -2.53. The van der Waals surface area contributed by atoms with E-state index < -0.39 is 0 Å². The zero-order valence-electron chi connectivity index (χ0n) is 12.3. The first-order chi connectivity index (χ1) is 10.6. The lowest BCUT2D eigenvalue weighted by molar-refractivity contribution is 0.102. The van der Waals surface area contributed by atoms with Gasteiger partial charge in [0, 0.05) is 5.69 Å². The van der Waals surface area contributed by atoms with Gasteiger partial charge in [-0.2, -0.15) is 0 Å². The molecule has 0 spiro atoms. The van der Waals surface area contributed by atoms with Gasteiger partial charge in [-0.25, -0.2) is 9.97 Å². The zero-order chi connectivity index (χ0) is 15.5. The van der Waals surface area contributed by atoms with Crippen molar-refractivity contribution in [1.29, 1.82) is 0 Å². The second-order valence-electron chi connectivity index (χ2n) is 4.89. The molecule has 3 rings (SSSR count). The van der Waals surface area contributed by atoms with E-state index in [0.717, 1.165) is 21.1 Å². The van der Waals surface area contributed by atoms with Crippen LogP contribution in [0.3, 0.4) is 0 Å². The van der Waals surface area contributed by atoms with Crippen molar-refractivity contribution in [3.63, 3.8) is 0 Å². The average molecular weight is 309 g/mol. The molecule has 2 aromatic heterocycles. The van der Waals surface area contributed by atoms with Crippen LogP contribution in [0.15, 0.2) is 48.5 Å². The molecular formula is C17H15N3OS. The van der Waals surface area contributed by atoms with Gasteiger partial charge >= 0.3 is 0 Å². The van der Waals surface area contributed by atoms with Crippen molar-refractivity contribution in [3.8, 4) is 10.4 Å². The number of hydrogen-bond acceptors (Lipinski definition) is 4. The van der Waals surface area contributed by atoms with Gasteiger partial charge in [0.05, 0.1) is 9.88 Å². The van der Waals surface area contributed by atoms with Gasteiger partial charge in [0.1, 0.15) is 11.5 Å². The first-order valence-electron chi connectivity index (χ1n) is 6.91. The second kappa shape index (κ2) is 6.07. The lowest BCUT2D eigenvalue weighted by atomic mass is 10.1. The highest BCUT2D eigenvalue weighted by molar-refractivity contribution is 7.15. The molecule has 0 aliphatic heterocycles. The number of aryl methyl sites for hydroxylation is 2. The number of hydrogen-bond donors (Lipinski definition) is 1. The van der Waals surface area contributed by atoms with Crippen LogP contribution in [0.5, 0.6) is 0 Å². The number of rotatable bonds is 3. The van der Waals surface area contributed by atoms with Crippen LogP contribution in [-0.2, 0) is 0 Å². The molecular weight excluding hydrogens is 294 g/mol. The van der Waals surface area contributed by atoms with Crippen LogP contribution in [-0.4, -0.2) is 15.9 Å². The molecule has 1 N–H and O–H groups in total. The SMILES string of the molecule is Cc1cccc(NC(=O)c2nc(C)sc2-c2ccccc2)n1. The van der Waals surface area contributed by atoms with E-state index in [1.165, 1.54) is 11.3 Å². The molecule has 1 aromatic carbocycles. The van der Waals surface area contributed by atoms with E-state index in [1.54, 1.807) is 6.07 Å². The summed E-state index contributed by atoms with van der Waals surface area (Å²) in [4.78, 5) is 22.1. The van der Waals surface area contributed by atoms with Gasteiger partial charge in [-0.15, -0.1) is 11.3 Å². The van der Waals surface area contributed by atoms with Crippen LogP contribution < -0.4 is 5.32 Å². The summed E-state index contributed by atoms with van der Waals surface area (Å²) < 4.78 is 0. The summed E-state index contributed by atoms with van der Waals surface area (Å²) in [7, 11) is 0. The maximum Gasteiger partial charge on any atom is 0.276 e. The van der Waals surface area contributed by atoms with E-state index in [9.17, 15) is 4.79 Å². The summed E-state index contributed by atoms with van der Waals surface area (Å²) in [6.45, 7) is 3.79. The number of carbonyl (C=O) groups is 1. The van der Waals surface area contributed by atoms with Crippen molar-refractivity contribution in [1.82, 2.24) is 9.97 Å². The van der Waals surface area contributed by atoms with Crippen LogP contribution in [0.1, 0.15) is 21.2 Å². The maximum atomic E-state index is 12.5. The number of anilines is 1. The van der Waals surface area contributed by atoms with Gasteiger partial charge in [-0.3, -0.25) is 4.79 Å². The van der Waals surface area contributed by atoms with E-state index in [2.05, 4.69) is 15.3 Å². The molecule has 0 saturated heterocycles. The summed E-state index contributed by atoms with van der Waals surface area (Å²) >= 11 is 1.52.